The van der Waals surface area contributed by atoms with E-state index in [1.165, 1.54) is 0 Å². The Morgan fingerprint density at radius 2 is 1.06 bits per heavy atom. The maximum Gasteiger partial charge on any atom is 0.410 e. The molecule has 188 valence electrons. The third-order valence-electron chi connectivity index (χ3n) is 4.86. The van der Waals surface area contributed by atoms with Crippen molar-refractivity contribution in [1.82, 2.24) is 19.6 Å². The number of carbonyl (C=O) groups excluding carboxylic acids is 2. The summed E-state index contributed by atoms with van der Waals surface area (Å²) in [5, 5.41) is 9.79. The van der Waals surface area contributed by atoms with Crippen LogP contribution in [0, 0.1) is 0 Å². The number of hydrogen-bond donors (Lipinski definition) is 1. The number of piperazine rings is 2. The van der Waals surface area contributed by atoms with Gasteiger partial charge in [0, 0.05) is 70.8 Å². The number of alkyl halides is 1. The summed E-state index contributed by atoms with van der Waals surface area (Å²) in [7, 11) is 0. The lowest BCUT2D eigenvalue weighted by molar-refractivity contribution is 0.0130. The van der Waals surface area contributed by atoms with Crippen molar-refractivity contribution in [3.63, 3.8) is 0 Å². The average Bonchev–Trinajstić information content (AvgIpc) is 2.67. The molecule has 2 heterocycles. The molecular formula is C22H43BrN4O5. The largest absolute Gasteiger partial charge is 0.444 e. The van der Waals surface area contributed by atoms with E-state index in [2.05, 4.69) is 25.7 Å². The lowest BCUT2D eigenvalue weighted by Gasteiger charge is -2.35. The minimum absolute atomic E-state index is 0.173. The fourth-order valence-corrected chi connectivity index (χ4v) is 3.72. The summed E-state index contributed by atoms with van der Waals surface area (Å²) >= 11 is 3.42. The van der Waals surface area contributed by atoms with Gasteiger partial charge in [0.15, 0.2) is 0 Å². The third-order valence-corrected chi connectivity index (χ3v) is 5.22. The highest BCUT2D eigenvalue weighted by molar-refractivity contribution is 9.09. The van der Waals surface area contributed by atoms with Crippen LogP contribution in [0.5, 0.6) is 0 Å². The Labute approximate surface area is 202 Å². The molecule has 0 aromatic heterocycles. The van der Waals surface area contributed by atoms with Gasteiger partial charge in [-0.2, -0.15) is 0 Å². The molecule has 0 aromatic rings. The SMILES string of the molecule is CC(C)(C)OC(=O)N1CCN(CCBr)CC1.CC(C)(C)OC(=O)N1CCN(CCO)CC1. The molecule has 0 unspecified atom stereocenters. The topological polar surface area (TPSA) is 85.8 Å². The van der Waals surface area contributed by atoms with Crippen molar-refractivity contribution in [2.24, 2.45) is 0 Å². The average molecular weight is 524 g/mol. The van der Waals surface area contributed by atoms with Crippen molar-refractivity contribution in [2.45, 2.75) is 52.7 Å². The Bertz CT molecular complexity index is 514. The fourth-order valence-electron chi connectivity index (χ4n) is 3.22. The predicted molar refractivity (Wildman–Crippen MR) is 129 cm³/mol. The quantitative estimate of drug-likeness (QED) is 0.567. The highest BCUT2D eigenvalue weighted by Crippen LogP contribution is 2.12. The first kappa shape index (κ1) is 28.9. The minimum atomic E-state index is -0.431. The molecule has 2 fully saturated rings. The van der Waals surface area contributed by atoms with Crippen LogP contribution in [0.3, 0.4) is 0 Å². The van der Waals surface area contributed by atoms with Crippen LogP contribution in [-0.4, -0.2) is 125 Å². The summed E-state index contributed by atoms with van der Waals surface area (Å²) < 4.78 is 10.6. The Morgan fingerprint density at radius 1 is 0.719 bits per heavy atom. The highest BCUT2D eigenvalue weighted by atomic mass is 79.9. The first-order valence-electron chi connectivity index (χ1n) is 11.4. The van der Waals surface area contributed by atoms with Crippen molar-refractivity contribution >= 4 is 28.1 Å². The molecule has 2 aliphatic heterocycles. The molecule has 0 bridgehead atoms. The molecular weight excluding hydrogens is 480 g/mol. The smallest absolute Gasteiger partial charge is 0.410 e. The Morgan fingerprint density at radius 3 is 1.34 bits per heavy atom. The molecule has 0 spiro atoms. The van der Waals surface area contributed by atoms with E-state index in [9.17, 15) is 9.59 Å². The number of rotatable bonds is 4. The molecule has 2 aliphatic rings. The van der Waals surface area contributed by atoms with Crippen LogP contribution in [0.25, 0.3) is 0 Å². The van der Waals surface area contributed by atoms with Gasteiger partial charge in [0.1, 0.15) is 11.2 Å². The van der Waals surface area contributed by atoms with Gasteiger partial charge in [-0.25, -0.2) is 9.59 Å². The predicted octanol–water partition coefficient (Wildman–Crippen LogP) is 2.47. The van der Waals surface area contributed by atoms with Crippen LogP contribution in [0.4, 0.5) is 9.59 Å². The standard InChI is InChI=1S/C11H21BrN2O2.C11H22N2O3/c1-11(2,3)16-10(15)14-8-6-13(5-4-12)7-9-14;1-11(2,3)16-10(15)13-6-4-12(5-7-13)8-9-14/h4-9H2,1-3H3;14H,4-9H2,1-3H3. The number of ether oxygens (including phenoxy) is 2. The van der Waals surface area contributed by atoms with Gasteiger partial charge in [-0.05, 0) is 41.5 Å². The number of β-amino-alcohol motifs (C(OH)–C–C–N with tert-alkyl or cyclic N) is 1. The van der Waals surface area contributed by atoms with Crippen molar-refractivity contribution in [3.05, 3.63) is 0 Å². The van der Waals surface area contributed by atoms with E-state index in [1.54, 1.807) is 9.80 Å². The van der Waals surface area contributed by atoms with Gasteiger partial charge < -0.3 is 24.4 Å². The normalized spacial score (nSPS) is 18.6. The second kappa shape index (κ2) is 13.6. The van der Waals surface area contributed by atoms with E-state index in [0.717, 1.165) is 51.1 Å². The number of hydrogen-bond acceptors (Lipinski definition) is 7. The lowest BCUT2D eigenvalue weighted by Crippen LogP contribution is -2.50. The lowest BCUT2D eigenvalue weighted by atomic mass is 10.2. The van der Waals surface area contributed by atoms with E-state index in [0.29, 0.717) is 19.6 Å². The van der Waals surface area contributed by atoms with Gasteiger partial charge in [-0.3, -0.25) is 9.80 Å². The molecule has 2 saturated heterocycles. The van der Waals surface area contributed by atoms with Crippen LogP contribution >= 0.6 is 15.9 Å². The zero-order valence-corrected chi connectivity index (χ0v) is 22.3. The molecule has 0 aliphatic carbocycles. The van der Waals surface area contributed by atoms with Crippen LogP contribution in [0.1, 0.15) is 41.5 Å². The van der Waals surface area contributed by atoms with Crippen LogP contribution in [-0.2, 0) is 9.47 Å². The summed E-state index contributed by atoms with van der Waals surface area (Å²) in [6.07, 6.45) is -0.429. The maximum absolute atomic E-state index is 11.8. The van der Waals surface area contributed by atoms with E-state index in [1.807, 2.05) is 41.5 Å². The third kappa shape index (κ3) is 12.2. The molecule has 1 N–H and O–H groups in total. The van der Waals surface area contributed by atoms with Gasteiger partial charge >= 0.3 is 12.2 Å². The Hall–Kier alpha value is -1.10. The van der Waals surface area contributed by atoms with Crippen molar-refractivity contribution in [1.29, 1.82) is 0 Å². The Balaban J connectivity index is 0.000000320. The van der Waals surface area contributed by atoms with Gasteiger partial charge in [-0.1, -0.05) is 15.9 Å². The molecule has 10 heteroatoms. The van der Waals surface area contributed by atoms with Crippen molar-refractivity contribution < 1.29 is 24.2 Å². The number of nitrogens with zero attached hydrogens (tertiary/aromatic N) is 4. The summed E-state index contributed by atoms with van der Waals surface area (Å²) in [6.45, 7) is 19.6. The van der Waals surface area contributed by atoms with Gasteiger partial charge in [0.25, 0.3) is 0 Å². The molecule has 0 radical (unpaired) electrons. The zero-order chi connectivity index (χ0) is 24.4. The monoisotopic (exact) mass is 522 g/mol. The first-order valence-corrected chi connectivity index (χ1v) is 12.5. The van der Waals surface area contributed by atoms with Crippen molar-refractivity contribution in [3.8, 4) is 0 Å². The first-order chi connectivity index (χ1) is 14.8. The molecule has 0 aromatic carbocycles. The molecule has 0 atom stereocenters. The summed E-state index contributed by atoms with van der Waals surface area (Å²) in [4.78, 5) is 31.5. The second-order valence-corrected chi connectivity index (χ2v) is 10.8. The molecule has 0 saturated carbocycles. The molecule has 9 nitrogen and oxygen atoms in total. The van der Waals surface area contributed by atoms with Gasteiger partial charge in [0.05, 0.1) is 6.61 Å². The number of aliphatic hydroxyl groups is 1. The van der Waals surface area contributed by atoms with Crippen LogP contribution in [0.15, 0.2) is 0 Å². The van der Waals surface area contributed by atoms with E-state index >= 15 is 0 Å². The van der Waals surface area contributed by atoms with E-state index < -0.39 is 11.2 Å². The summed E-state index contributed by atoms with van der Waals surface area (Å²) in [5.74, 6) is 0. The number of amides is 2. The van der Waals surface area contributed by atoms with Gasteiger partial charge in [-0.15, -0.1) is 0 Å². The number of carbonyl (C=O) groups is 2. The van der Waals surface area contributed by atoms with Crippen molar-refractivity contribution in [2.75, 3.05) is 77.4 Å². The van der Waals surface area contributed by atoms with Crippen LogP contribution < -0.4 is 0 Å². The maximum atomic E-state index is 11.8. The number of halogens is 1. The van der Waals surface area contributed by atoms with Gasteiger partial charge in [0.2, 0.25) is 0 Å². The molecule has 32 heavy (non-hydrogen) atoms. The Kier molecular flexibility index (Phi) is 12.3. The fraction of sp³-hybridized carbons (Fsp3) is 0.909. The van der Waals surface area contributed by atoms with Crippen LogP contribution in [0.2, 0.25) is 0 Å². The molecule has 2 rings (SSSR count). The highest BCUT2D eigenvalue weighted by Gasteiger charge is 2.26. The number of aliphatic hydroxyl groups excluding tert-OH is 1. The van der Waals surface area contributed by atoms with E-state index in [4.69, 9.17) is 14.6 Å². The minimum Gasteiger partial charge on any atom is -0.444 e. The van der Waals surface area contributed by atoms with E-state index in [-0.39, 0.29) is 18.8 Å². The summed E-state index contributed by atoms with van der Waals surface area (Å²) in [5.41, 5.74) is -0.830. The molecule has 2 amide bonds. The summed E-state index contributed by atoms with van der Waals surface area (Å²) in [6, 6.07) is 0. The zero-order valence-electron chi connectivity index (χ0n) is 20.7. The second-order valence-electron chi connectivity index (χ2n) is 10.0.